The molecule has 3 heteroatoms. The minimum absolute atomic E-state index is 0.309. The Kier molecular flexibility index (Phi) is 4.74. The molecule has 1 aliphatic heterocycles. The predicted molar refractivity (Wildman–Crippen MR) is 118 cm³/mol. The summed E-state index contributed by atoms with van der Waals surface area (Å²) in [4.78, 5) is 17.0. The van der Waals surface area contributed by atoms with E-state index in [-0.39, 0.29) is 0 Å². The van der Waals surface area contributed by atoms with Crippen LogP contribution in [0.15, 0.2) is 11.6 Å². The first-order valence-electron chi connectivity index (χ1n) is 12.5. The van der Waals surface area contributed by atoms with Gasteiger partial charge in [-0.2, -0.15) is 0 Å². The zero-order valence-electron chi connectivity index (χ0n) is 19.4. The molecule has 0 aromatic rings. The van der Waals surface area contributed by atoms with Crippen molar-refractivity contribution in [2.45, 2.75) is 90.6 Å². The lowest BCUT2D eigenvalue weighted by atomic mass is 9.47. The first-order valence-corrected chi connectivity index (χ1v) is 12.5. The van der Waals surface area contributed by atoms with Gasteiger partial charge >= 0.3 is 0 Å². The number of allylic oxidation sites excluding steroid dienone is 1. The zero-order valence-corrected chi connectivity index (χ0v) is 19.4. The highest BCUT2D eigenvalue weighted by Gasteiger charge is 2.64. The number of carbonyl (C=O) groups is 1. The SMILES string of the molecule is CCC(=O)N(C)[C@H]1CC[C@@]2(C)C(=CC[C@H]3C4CC[C@@H]5[C@H](C)N(C)C[C@]45CCC32)C1. The number of fused-ring (bicyclic) bond motifs is 4. The fraction of sp³-hybridized carbons (Fsp3) is 0.885. The molecule has 0 N–H and O–H groups in total. The Morgan fingerprint density at radius 3 is 2.69 bits per heavy atom. The molecule has 1 spiro atoms. The highest BCUT2D eigenvalue weighted by atomic mass is 16.2. The standard InChI is InChI=1S/C26H42N2O/c1-6-24(29)28(5)19-11-13-25(3)18(15-19)7-8-20-22(25)12-14-26-16-27(4)17(2)21(26)9-10-23(20)26/h7,17,19-23H,6,8-16H2,1-5H3/t17-,19-,20+,21+,22?,23?,25-,26-/m0/s1. The number of likely N-dealkylation sites (tertiary alicyclic amines) is 1. The summed E-state index contributed by atoms with van der Waals surface area (Å²) in [7, 11) is 4.41. The van der Waals surface area contributed by atoms with E-state index >= 15 is 0 Å². The summed E-state index contributed by atoms with van der Waals surface area (Å²) in [5.74, 6) is 4.00. The summed E-state index contributed by atoms with van der Waals surface area (Å²) in [6.07, 6.45) is 14.1. The third-order valence-electron chi connectivity index (χ3n) is 10.9. The average Bonchev–Trinajstić information content (AvgIpc) is 3.20. The van der Waals surface area contributed by atoms with Gasteiger partial charge in [0.2, 0.25) is 5.91 Å². The topological polar surface area (TPSA) is 23.6 Å². The average molecular weight is 399 g/mol. The maximum atomic E-state index is 12.3. The maximum Gasteiger partial charge on any atom is 0.222 e. The van der Waals surface area contributed by atoms with Gasteiger partial charge in [-0.25, -0.2) is 0 Å². The van der Waals surface area contributed by atoms with Crippen LogP contribution in [0.4, 0.5) is 0 Å². The summed E-state index contributed by atoms with van der Waals surface area (Å²) in [6, 6.07) is 1.21. The molecular formula is C26H42N2O. The normalized spacial score (nSPS) is 48.9. The van der Waals surface area contributed by atoms with Crippen LogP contribution in [0.1, 0.15) is 78.6 Å². The number of hydrogen-bond donors (Lipinski definition) is 0. The lowest BCUT2D eigenvalue weighted by Gasteiger charge is -2.58. The maximum absolute atomic E-state index is 12.3. The van der Waals surface area contributed by atoms with Crippen LogP contribution in [0.25, 0.3) is 0 Å². The molecule has 8 atom stereocenters. The van der Waals surface area contributed by atoms with Crippen molar-refractivity contribution >= 4 is 5.91 Å². The molecule has 162 valence electrons. The van der Waals surface area contributed by atoms with Crippen molar-refractivity contribution in [3.63, 3.8) is 0 Å². The molecular weight excluding hydrogens is 356 g/mol. The molecule has 3 saturated carbocycles. The number of carbonyl (C=O) groups excluding carboxylic acids is 1. The number of hydrogen-bond acceptors (Lipinski definition) is 2. The molecule has 0 radical (unpaired) electrons. The Bertz CT molecular complexity index is 715. The summed E-state index contributed by atoms with van der Waals surface area (Å²) in [5.41, 5.74) is 2.72. The van der Waals surface area contributed by atoms with E-state index < -0.39 is 0 Å². The molecule has 5 aliphatic rings. The van der Waals surface area contributed by atoms with E-state index in [1.165, 1.54) is 51.5 Å². The van der Waals surface area contributed by atoms with Crippen molar-refractivity contribution in [3.05, 3.63) is 11.6 Å². The van der Waals surface area contributed by atoms with Crippen molar-refractivity contribution in [1.29, 1.82) is 0 Å². The molecule has 0 aromatic heterocycles. The van der Waals surface area contributed by atoms with Gasteiger partial charge in [-0.15, -0.1) is 0 Å². The van der Waals surface area contributed by atoms with Gasteiger partial charge in [0.05, 0.1) is 0 Å². The second-order valence-electron chi connectivity index (χ2n) is 11.6. The Morgan fingerprint density at radius 1 is 1.17 bits per heavy atom. The highest BCUT2D eigenvalue weighted by molar-refractivity contribution is 5.75. The van der Waals surface area contributed by atoms with Crippen molar-refractivity contribution in [2.24, 2.45) is 34.5 Å². The van der Waals surface area contributed by atoms with Gasteiger partial charge < -0.3 is 9.80 Å². The van der Waals surface area contributed by atoms with Gasteiger partial charge in [-0.05, 0) is 99.8 Å². The largest absolute Gasteiger partial charge is 0.342 e. The second kappa shape index (κ2) is 6.84. The zero-order chi connectivity index (χ0) is 20.6. The minimum Gasteiger partial charge on any atom is -0.342 e. The van der Waals surface area contributed by atoms with E-state index in [1.54, 1.807) is 5.57 Å². The van der Waals surface area contributed by atoms with Crippen LogP contribution >= 0.6 is 0 Å². The minimum atomic E-state index is 0.309. The smallest absolute Gasteiger partial charge is 0.222 e. The van der Waals surface area contributed by atoms with Crippen LogP contribution < -0.4 is 0 Å². The van der Waals surface area contributed by atoms with Gasteiger partial charge in [0.25, 0.3) is 0 Å². The van der Waals surface area contributed by atoms with Crippen LogP contribution in [0.2, 0.25) is 0 Å². The predicted octanol–water partition coefficient (Wildman–Crippen LogP) is 5.12. The fourth-order valence-corrected chi connectivity index (χ4v) is 9.23. The van der Waals surface area contributed by atoms with E-state index in [2.05, 4.69) is 36.8 Å². The summed E-state index contributed by atoms with van der Waals surface area (Å²) in [6.45, 7) is 8.43. The quantitative estimate of drug-likeness (QED) is 0.603. The third-order valence-corrected chi connectivity index (χ3v) is 10.9. The first-order chi connectivity index (χ1) is 13.8. The lowest BCUT2D eigenvalue weighted by molar-refractivity contribution is -0.132. The Morgan fingerprint density at radius 2 is 1.93 bits per heavy atom. The van der Waals surface area contributed by atoms with E-state index in [1.807, 2.05) is 14.0 Å². The molecule has 5 rings (SSSR count). The van der Waals surface area contributed by atoms with E-state index in [0.29, 0.717) is 29.2 Å². The fourth-order valence-electron chi connectivity index (χ4n) is 9.23. The molecule has 29 heavy (non-hydrogen) atoms. The van der Waals surface area contributed by atoms with Gasteiger partial charge in [0.15, 0.2) is 0 Å². The molecule has 4 aliphatic carbocycles. The molecule has 1 amide bonds. The van der Waals surface area contributed by atoms with Crippen molar-refractivity contribution < 1.29 is 4.79 Å². The molecule has 4 fully saturated rings. The van der Waals surface area contributed by atoms with E-state index in [4.69, 9.17) is 0 Å². The molecule has 2 unspecified atom stereocenters. The van der Waals surface area contributed by atoms with Crippen LogP contribution in [0, 0.1) is 34.5 Å². The van der Waals surface area contributed by atoms with Crippen molar-refractivity contribution in [2.75, 3.05) is 20.6 Å². The van der Waals surface area contributed by atoms with Gasteiger partial charge in [-0.3, -0.25) is 4.79 Å². The Labute approximate surface area is 178 Å². The van der Waals surface area contributed by atoms with Crippen LogP contribution in [-0.4, -0.2) is 48.4 Å². The van der Waals surface area contributed by atoms with Gasteiger partial charge in [-0.1, -0.05) is 25.5 Å². The van der Waals surface area contributed by atoms with Crippen LogP contribution in [-0.2, 0) is 4.79 Å². The van der Waals surface area contributed by atoms with E-state index in [9.17, 15) is 4.79 Å². The summed E-state index contributed by atoms with van der Waals surface area (Å²) < 4.78 is 0. The van der Waals surface area contributed by atoms with Crippen LogP contribution in [0.5, 0.6) is 0 Å². The first kappa shape index (κ1) is 20.1. The Balaban J connectivity index is 1.40. The Hall–Kier alpha value is -0.830. The monoisotopic (exact) mass is 398 g/mol. The highest BCUT2D eigenvalue weighted by Crippen LogP contribution is 2.68. The molecule has 3 nitrogen and oxygen atoms in total. The molecule has 1 saturated heterocycles. The summed E-state index contributed by atoms with van der Waals surface area (Å²) in [5, 5.41) is 0. The molecule has 0 aromatic carbocycles. The molecule has 0 bridgehead atoms. The lowest BCUT2D eigenvalue weighted by Crippen LogP contribution is -2.53. The van der Waals surface area contributed by atoms with Gasteiger partial charge in [0, 0.05) is 32.1 Å². The molecule has 1 heterocycles. The van der Waals surface area contributed by atoms with Crippen molar-refractivity contribution in [1.82, 2.24) is 9.80 Å². The third kappa shape index (κ3) is 2.68. The van der Waals surface area contributed by atoms with E-state index in [0.717, 1.165) is 36.1 Å². The number of amides is 1. The van der Waals surface area contributed by atoms with Crippen molar-refractivity contribution in [3.8, 4) is 0 Å². The number of rotatable bonds is 2. The summed E-state index contributed by atoms with van der Waals surface area (Å²) >= 11 is 0. The van der Waals surface area contributed by atoms with Gasteiger partial charge in [0.1, 0.15) is 0 Å². The number of nitrogens with zero attached hydrogens (tertiary/aromatic N) is 2. The van der Waals surface area contributed by atoms with Crippen LogP contribution in [0.3, 0.4) is 0 Å². The second-order valence-corrected chi connectivity index (χ2v) is 11.6.